The molecule has 4 rings (SSSR count). The molecule has 1 N–H and O–H groups in total. The van der Waals surface area contributed by atoms with Gasteiger partial charge < -0.3 is 9.47 Å². The molecule has 0 aliphatic heterocycles. The molecule has 140 valence electrons. The zero-order valence-electron chi connectivity index (χ0n) is 15.3. The number of aldehydes is 1. The van der Waals surface area contributed by atoms with Gasteiger partial charge in [-0.15, -0.1) is 0 Å². The Kier molecular flexibility index (Phi) is 4.81. The standard InChI is InChI=1S/C23H19NO4/c1-27-22-11-10-15(13-25)12-21(22)24-23(26)28-14-20-18-8-4-2-6-16(18)17-7-3-5-9-19(17)20/h2-13,20H,14H2,1H3,(H,24,26). The summed E-state index contributed by atoms with van der Waals surface area (Å²) in [6, 6.07) is 21.1. The van der Waals surface area contributed by atoms with Gasteiger partial charge in [0.05, 0.1) is 12.8 Å². The predicted octanol–water partition coefficient (Wildman–Crippen LogP) is 4.87. The van der Waals surface area contributed by atoms with Gasteiger partial charge in [0.15, 0.2) is 0 Å². The predicted molar refractivity (Wildman–Crippen MR) is 107 cm³/mol. The minimum atomic E-state index is -0.594. The molecule has 5 nitrogen and oxygen atoms in total. The summed E-state index contributed by atoms with van der Waals surface area (Å²) in [5.41, 5.74) is 5.48. The van der Waals surface area contributed by atoms with Crippen molar-refractivity contribution in [3.8, 4) is 16.9 Å². The van der Waals surface area contributed by atoms with Gasteiger partial charge in [0.2, 0.25) is 0 Å². The van der Waals surface area contributed by atoms with Gasteiger partial charge in [0.25, 0.3) is 0 Å². The number of hydrogen-bond donors (Lipinski definition) is 1. The largest absolute Gasteiger partial charge is 0.495 e. The summed E-state index contributed by atoms with van der Waals surface area (Å²) in [5, 5.41) is 2.66. The van der Waals surface area contributed by atoms with Crippen molar-refractivity contribution in [1.82, 2.24) is 0 Å². The third kappa shape index (κ3) is 3.22. The van der Waals surface area contributed by atoms with Gasteiger partial charge in [-0.1, -0.05) is 48.5 Å². The maximum atomic E-state index is 12.4. The Morgan fingerprint density at radius 2 is 1.64 bits per heavy atom. The number of fused-ring (bicyclic) bond motifs is 3. The Bertz CT molecular complexity index is 999. The fourth-order valence-corrected chi connectivity index (χ4v) is 3.64. The average Bonchev–Trinajstić information content (AvgIpc) is 3.06. The van der Waals surface area contributed by atoms with Crippen LogP contribution in [0.15, 0.2) is 66.7 Å². The van der Waals surface area contributed by atoms with Gasteiger partial charge in [-0.2, -0.15) is 0 Å². The highest BCUT2D eigenvalue weighted by Gasteiger charge is 2.29. The highest BCUT2D eigenvalue weighted by Crippen LogP contribution is 2.44. The van der Waals surface area contributed by atoms with Gasteiger partial charge in [-0.25, -0.2) is 4.79 Å². The second-order valence-corrected chi connectivity index (χ2v) is 6.53. The number of hydrogen-bond acceptors (Lipinski definition) is 4. The molecule has 5 heteroatoms. The van der Waals surface area contributed by atoms with Crippen molar-refractivity contribution in [2.75, 3.05) is 19.0 Å². The number of carbonyl (C=O) groups is 2. The van der Waals surface area contributed by atoms with Crippen molar-refractivity contribution in [2.24, 2.45) is 0 Å². The van der Waals surface area contributed by atoms with Gasteiger partial charge in [-0.05, 0) is 40.5 Å². The van der Waals surface area contributed by atoms with E-state index >= 15 is 0 Å². The van der Waals surface area contributed by atoms with Crippen molar-refractivity contribution < 1.29 is 19.1 Å². The molecule has 0 unspecified atom stereocenters. The third-order valence-corrected chi connectivity index (χ3v) is 4.94. The average molecular weight is 373 g/mol. The first-order valence-electron chi connectivity index (χ1n) is 8.96. The van der Waals surface area contributed by atoms with Crippen LogP contribution in [0.5, 0.6) is 5.75 Å². The zero-order chi connectivity index (χ0) is 19.5. The van der Waals surface area contributed by atoms with E-state index in [1.807, 2.05) is 24.3 Å². The second kappa shape index (κ2) is 7.56. The molecule has 0 bridgehead atoms. The van der Waals surface area contributed by atoms with Crippen LogP contribution < -0.4 is 10.1 Å². The minimum Gasteiger partial charge on any atom is -0.495 e. The van der Waals surface area contributed by atoms with Crippen molar-refractivity contribution in [1.29, 1.82) is 0 Å². The molecule has 0 saturated heterocycles. The van der Waals surface area contributed by atoms with Crippen LogP contribution in [0.3, 0.4) is 0 Å². The van der Waals surface area contributed by atoms with E-state index in [0.29, 0.717) is 23.3 Å². The first-order chi connectivity index (χ1) is 13.7. The van der Waals surface area contributed by atoms with Crippen molar-refractivity contribution in [2.45, 2.75) is 5.92 Å². The molecule has 1 aliphatic carbocycles. The number of carbonyl (C=O) groups excluding carboxylic acids is 2. The van der Waals surface area contributed by atoms with Gasteiger partial charge >= 0.3 is 6.09 Å². The number of ether oxygens (including phenoxy) is 2. The van der Waals surface area contributed by atoms with Crippen LogP contribution in [-0.4, -0.2) is 26.1 Å². The van der Waals surface area contributed by atoms with Crippen molar-refractivity contribution >= 4 is 18.1 Å². The SMILES string of the molecule is COc1ccc(C=O)cc1NC(=O)OCC1c2ccccc2-c2ccccc21. The Morgan fingerprint density at radius 1 is 1.00 bits per heavy atom. The maximum absolute atomic E-state index is 12.4. The van der Waals surface area contributed by atoms with E-state index in [1.54, 1.807) is 18.2 Å². The molecule has 0 atom stereocenters. The van der Waals surface area contributed by atoms with Crippen LogP contribution in [0.25, 0.3) is 11.1 Å². The quantitative estimate of drug-likeness (QED) is 0.648. The van der Waals surface area contributed by atoms with E-state index < -0.39 is 6.09 Å². The van der Waals surface area contributed by atoms with E-state index in [-0.39, 0.29) is 12.5 Å². The number of nitrogens with one attached hydrogen (secondary N) is 1. The van der Waals surface area contributed by atoms with Crippen LogP contribution in [0, 0.1) is 0 Å². The molecule has 1 aliphatic rings. The van der Waals surface area contributed by atoms with E-state index in [2.05, 4.69) is 29.6 Å². The number of rotatable bonds is 5. The maximum Gasteiger partial charge on any atom is 0.411 e. The summed E-state index contributed by atoms with van der Waals surface area (Å²) in [5.74, 6) is 0.445. The molecule has 28 heavy (non-hydrogen) atoms. The smallest absolute Gasteiger partial charge is 0.411 e. The Labute approximate surface area is 162 Å². The Morgan fingerprint density at radius 3 is 2.25 bits per heavy atom. The summed E-state index contributed by atoms with van der Waals surface area (Å²) in [4.78, 5) is 23.4. The summed E-state index contributed by atoms with van der Waals surface area (Å²) in [6.45, 7) is 0.218. The number of methoxy groups -OCH3 is 1. The molecule has 0 aromatic heterocycles. The summed E-state index contributed by atoms with van der Waals surface area (Å²) >= 11 is 0. The molecule has 0 spiro atoms. The van der Waals surface area contributed by atoms with E-state index in [1.165, 1.54) is 18.2 Å². The molecule has 1 amide bonds. The van der Waals surface area contributed by atoms with Gasteiger partial charge in [0, 0.05) is 11.5 Å². The van der Waals surface area contributed by atoms with E-state index in [4.69, 9.17) is 9.47 Å². The van der Waals surface area contributed by atoms with Crippen molar-refractivity contribution in [3.63, 3.8) is 0 Å². The fraction of sp³-hybridized carbons (Fsp3) is 0.130. The Hall–Kier alpha value is -3.60. The molecular formula is C23H19NO4. The molecular weight excluding hydrogens is 354 g/mol. The second-order valence-electron chi connectivity index (χ2n) is 6.53. The van der Waals surface area contributed by atoms with Gasteiger partial charge in [-0.3, -0.25) is 10.1 Å². The number of anilines is 1. The lowest BCUT2D eigenvalue weighted by atomic mass is 9.98. The van der Waals surface area contributed by atoms with Crippen LogP contribution in [0.1, 0.15) is 27.4 Å². The summed E-state index contributed by atoms with van der Waals surface area (Å²) in [7, 11) is 1.50. The third-order valence-electron chi connectivity index (χ3n) is 4.94. The first-order valence-corrected chi connectivity index (χ1v) is 8.96. The zero-order valence-corrected chi connectivity index (χ0v) is 15.3. The van der Waals surface area contributed by atoms with Crippen molar-refractivity contribution in [3.05, 3.63) is 83.4 Å². The molecule has 0 heterocycles. The topological polar surface area (TPSA) is 64.6 Å². The Balaban J connectivity index is 1.51. The monoisotopic (exact) mass is 373 g/mol. The molecule has 3 aromatic rings. The van der Waals surface area contributed by atoms with Crippen LogP contribution in [-0.2, 0) is 4.74 Å². The molecule has 0 fully saturated rings. The lowest BCUT2D eigenvalue weighted by molar-refractivity contribution is 0.112. The van der Waals surface area contributed by atoms with E-state index in [0.717, 1.165) is 11.1 Å². The lowest BCUT2D eigenvalue weighted by Gasteiger charge is -2.15. The highest BCUT2D eigenvalue weighted by atomic mass is 16.5. The first kappa shape index (κ1) is 17.8. The van der Waals surface area contributed by atoms with E-state index in [9.17, 15) is 9.59 Å². The molecule has 3 aromatic carbocycles. The fourth-order valence-electron chi connectivity index (χ4n) is 3.64. The molecule has 0 radical (unpaired) electrons. The number of benzene rings is 3. The van der Waals surface area contributed by atoms with Crippen LogP contribution in [0.2, 0.25) is 0 Å². The van der Waals surface area contributed by atoms with Crippen LogP contribution in [0.4, 0.5) is 10.5 Å². The summed E-state index contributed by atoms with van der Waals surface area (Å²) in [6.07, 6.45) is 0.116. The normalized spacial score (nSPS) is 12.0. The molecule has 0 saturated carbocycles. The van der Waals surface area contributed by atoms with Crippen LogP contribution >= 0.6 is 0 Å². The number of amides is 1. The summed E-state index contributed by atoms with van der Waals surface area (Å²) < 4.78 is 10.8. The minimum absolute atomic E-state index is 0.0126. The lowest BCUT2D eigenvalue weighted by Crippen LogP contribution is -2.18. The van der Waals surface area contributed by atoms with Gasteiger partial charge in [0.1, 0.15) is 18.6 Å². The highest BCUT2D eigenvalue weighted by molar-refractivity contribution is 5.89.